The van der Waals surface area contributed by atoms with E-state index in [0.717, 1.165) is 44.9 Å². The van der Waals surface area contributed by atoms with Crippen molar-refractivity contribution in [1.29, 1.82) is 0 Å². The van der Waals surface area contributed by atoms with Crippen LogP contribution in [0.1, 0.15) is 6.42 Å². The molecule has 0 saturated carbocycles. The molecule has 1 aromatic carbocycles. The van der Waals surface area contributed by atoms with E-state index in [1.165, 1.54) is 5.69 Å². The van der Waals surface area contributed by atoms with E-state index in [1.807, 2.05) is 12.1 Å². The fourth-order valence-electron chi connectivity index (χ4n) is 2.25. The topological polar surface area (TPSA) is 15.7 Å². The Morgan fingerprint density at radius 2 is 1.76 bits per heavy atom. The second kappa shape index (κ2) is 5.92. The first-order chi connectivity index (χ1) is 8.33. The molecule has 0 bridgehead atoms. The first-order valence-electron chi connectivity index (χ1n) is 6.24. The molecule has 0 unspecified atom stereocenters. The third kappa shape index (κ3) is 3.13. The molecule has 1 aliphatic rings. The van der Waals surface area contributed by atoms with Crippen LogP contribution in [0.3, 0.4) is 0 Å². The van der Waals surface area contributed by atoms with Crippen LogP contribution in [0.2, 0.25) is 0 Å². The minimum atomic E-state index is 0.921. The second-order valence-corrected chi connectivity index (χ2v) is 4.38. The number of piperazine rings is 1. The highest BCUT2D eigenvalue weighted by Crippen LogP contribution is 2.20. The van der Waals surface area contributed by atoms with E-state index in [2.05, 4.69) is 28.9 Å². The van der Waals surface area contributed by atoms with Gasteiger partial charge in [0, 0.05) is 31.9 Å². The molecule has 17 heavy (non-hydrogen) atoms. The Morgan fingerprint density at radius 3 is 2.29 bits per heavy atom. The SMILES string of the molecule is [CH2]CCN1CCN(c2ccc(OC)cc2)CC1. The maximum absolute atomic E-state index is 5.17. The van der Waals surface area contributed by atoms with Gasteiger partial charge < -0.3 is 9.64 Å². The molecule has 1 radical (unpaired) electrons. The fourth-order valence-corrected chi connectivity index (χ4v) is 2.25. The van der Waals surface area contributed by atoms with Gasteiger partial charge in [-0.3, -0.25) is 4.90 Å². The lowest BCUT2D eigenvalue weighted by Gasteiger charge is -2.36. The number of ether oxygens (including phenoxy) is 1. The van der Waals surface area contributed by atoms with Crippen LogP contribution in [0.4, 0.5) is 5.69 Å². The zero-order valence-corrected chi connectivity index (χ0v) is 10.6. The normalized spacial score (nSPS) is 17.2. The van der Waals surface area contributed by atoms with Gasteiger partial charge in [0.2, 0.25) is 0 Å². The van der Waals surface area contributed by atoms with Crippen molar-refractivity contribution >= 4 is 5.69 Å². The molecule has 0 spiro atoms. The number of nitrogens with zero attached hydrogens (tertiary/aromatic N) is 2. The largest absolute Gasteiger partial charge is 0.497 e. The molecule has 0 amide bonds. The van der Waals surface area contributed by atoms with Gasteiger partial charge in [0.25, 0.3) is 0 Å². The van der Waals surface area contributed by atoms with Gasteiger partial charge >= 0.3 is 0 Å². The van der Waals surface area contributed by atoms with E-state index in [4.69, 9.17) is 4.74 Å². The predicted molar refractivity (Wildman–Crippen MR) is 71.6 cm³/mol. The molecule has 3 heteroatoms. The van der Waals surface area contributed by atoms with E-state index in [-0.39, 0.29) is 0 Å². The van der Waals surface area contributed by atoms with Crippen LogP contribution in [0.25, 0.3) is 0 Å². The lowest BCUT2D eigenvalue weighted by atomic mass is 10.2. The maximum Gasteiger partial charge on any atom is 0.119 e. The molecule has 0 aliphatic carbocycles. The Labute approximate surface area is 104 Å². The van der Waals surface area contributed by atoms with Gasteiger partial charge in [0.1, 0.15) is 5.75 Å². The summed E-state index contributed by atoms with van der Waals surface area (Å²) in [6, 6.07) is 8.32. The van der Waals surface area contributed by atoms with Crippen LogP contribution >= 0.6 is 0 Å². The minimum Gasteiger partial charge on any atom is -0.497 e. The first-order valence-corrected chi connectivity index (χ1v) is 6.24. The molecule has 1 heterocycles. The molecule has 1 fully saturated rings. The van der Waals surface area contributed by atoms with Crippen LogP contribution in [0, 0.1) is 6.92 Å². The summed E-state index contributed by atoms with van der Waals surface area (Å²) >= 11 is 0. The molecule has 0 N–H and O–H groups in total. The Bertz CT molecular complexity index is 329. The number of benzene rings is 1. The predicted octanol–water partition coefficient (Wildman–Crippen LogP) is 2.04. The molecule has 2 rings (SSSR count). The van der Waals surface area contributed by atoms with Gasteiger partial charge in [0.15, 0.2) is 0 Å². The van der Waals surface area contributed by atoms with Crippen LogP contribution < -0.4 is 9.64 Å². The minimum absolute atomic E-state index is 0.921. The van der Waals surface area contributed by atoms with Gasteiger partial charge in [0.05, 0.1) is 7.11 Å². The standard InChI is InChI=1S/C14H21N2O/c1-3-8-15-9-11-16(12-10-15)13-4-6-14(17-2)7-5-13/h4-7H,1,3,8-12H2,2H3. The molecule has 1 saturated heterocycles. The highest BCUT2D eigenvalue weighted by Gasteiger charge is 2.16. The fraction of sp³-hybridized carbons (Fsp3) is 0.500. The van der Waals surface area contributed by atoms with Crippen molar-refractivity contribution in [3.8, 4) is 5.75 Å². The Hall–Kier alpha value is -1.22. The number of anilines is 1. The summed E-state index contributed by atoms with van der Waals surface area (Å²) in [5.41, 5.74) is 1.29. The third-order valence-electron chi connectivity index (χ3n) is 3.28. The summed E-state index contributed by atoms with van der Waals surface area (Å²) in [5.74, 6) is 0.921. The summed E-state index contributed by atoms with van der Waals surface area (Å²) in [6.07, 6.45) is 1.00. The van der Waals surface area contributed by atoms with Crippen molar-refractivity contribution in [2.24, 2.45) is 0 Å². The Kier molecular flexibility index (Phi) is 4.26. The quantitative estimate of drug-likeness (QED) is 0.791. The summed E-state index contributed by atoms with van der Waals surface area (Å²) in [4.78, 5) is 4.91. The smallest absolute Gasteiger partial charge is 0.119 e. The molecule has 3 nitrogen and oxygen atoms in total. The lowest BCUT2D eigenvalue weighted by Crippen LogP contribution is -2.46. The Morgan fingerprint density at radius 1 is 1.12 bits per heavy atom. The zero-order chi connectivity index (χ0) is 12.1. The van der Waals surface area contributed by atoms with Gasteiger partial charge in [-0.2, -0.15) is 0 Å². The molecular formula is C14H21N2O. The first kappa shape index (κ1) is 12.2. The number of rotatable bonds is 4. The van der Waals surface area contributed by atoms with E-state index in [9.17, 15) is 0 Å². The van der Waals surface area contributed by atoms with Crippen molar-refractivity contribution in [3.63, 3.8) is 0 Å². The second-order valence-electron chi connectivity index (χ2n) is 4.38. The molecule has 1 aliphatic heterocycles. The molecular weight excluding hydrogens is 212 g/mol. The van der Waals surface area contributed by atoms with E-state index >= 15 is 0 Å². The number of methoxy groups -OCH3 is 1. The van der Waals surface area contributed by atoms with Crippen molar-refractivity contribution in [2.75, 3.05) is 44.7 Å². The van der Waals surface area contributed by atoms with E-state index in [1.54, 1.807) is 7.11 Å². The zero-order valence-electron chi connectivity index (χ0n) is 10.6. The monoisotopic (exact) mass is 233 g/mol. The third-order valence-corrected chi connectivity index (χ3v) is 3.28. The Balaban J connectivity index is 1.91. The van der Waals surface area contributed by atoms with Crippen molar-refractivity contribution in [1.82, 2.24) is 4.90 Å². The molecule has 0 aromatic heterocycles. The van der Waals surface area contributed by atoms with Crippen LogP contribution in [0.15, 0.2) is 24.3 Å². The van der Waals surface area contributed by atoms with Crippen molar-refractivity contribution in [2.45, 2.75) is 6.42 Å². The van der Waals surface area contributed by atoms with Crippen LogP contribution in [-0.2, 0) is 0 Å². The summed E-state index contributed by atoms with van der Waals surface area (Å²) < 4.78 is 5.17. The highest BCUT2D eigenvalue weighted by molar-refractivity contribution is 5.49. The summed E-state index contributed by atoms with van der Waals surface area (Å²) in [5, 5.41) is 0. The molecule has 93 valence electrons. The average Bonchev–Trinajstić information content (AvgIpc) is 2.40. The highest BCUT2D eigenvalue weighted by atomic mass is 16.5. The van der Waals surface area contributed by atoms with E-state index < -0.39 is 0 Å². The maximum atomic E-state index is 5.17. The van der Waals surface area contributed by atoms with E-state index in [0.29, 0.717) is 0 Å². The van der Waals surface area contributed by atoms with Gasteiger partial charge in [-0.1, -0.05) is 6.92 Å². The van der Waals surface area contributed by atoms with Crippen molar-refractivity contribution in [3.05, 3.63) is 31.2 Å². The van der Waals surface area contributed by atoms with Gasteiger partial charge in [-0.15, -0.1) is 0 Å². The van der Waals surface area contributed by atoms with Crippen molar-refractivity contribution < 1.29 is 4.74 Å². The average molecular weight is 233 g/mol. The summed E-state index contributed by atoms with van der Waals surface area (Å²) in [6.45, 7) is 9.52. The van der Waals surface area contributed by atoms with Gasteiger partial charge in [-0.25, -0.2) is 0 Å². The number of hydrogen-bond donors (Lipinski definition) is 0. The van der Waals surface area contributed by atoms with Crippen LogP contribution in [-0.4, -0.2) is 44.7 Å². The van der Waals surface area contributed by atoms with Crippen LogP contribution in [0.5, 0.6) is 5.75 Å². The summed E-state index contributed by atoms with van der Waals surface area (Å²) in [7, 11) is 1.70. The molecule has 1 aromatic rings. The van der Waals surface area contributed by atoms with Gasteiger partial charge in [-0.05, 0) is 37.2 Å². The number of hydrogen-bond acceptors (Lipinski definition) is 3. The molecule has 0 atom stereocenters. The lowest BCUT2D eigenvalue weighted by molar-refractivity contribution is 0.262.